The zero-order chi connectivity index (χ0) is 8.32. The van der Waals surface area contributed by atoms with Crippen LogP contribution in [-0.4, -0.2) is 32.1 Å². The van der Waals surface area contributed by atoms with Crippen molar-refractivity contribution in [3.05, 3.63) is 0 Å². The first kappa shape index (κ1) is 8.97. The lowest BCUT2D eigenvalue weighted by molar-refractivity contribution is 0.0847. The fourth-order valence-electron chi connectivity index (χ4n) is 1.28. The van der Waals surface area contributed by atoms with E-state index in [0.29, 0.717) is 5.41 Å². The summed E-state index contributed by atoms with van der Waals surface area (Å²) in [6.45, 7) is 1.88. The summed E-state index contributed by atoms with van der Waals surface area (Å²) in [5.41, 5.74) is 0.443. The summed E-state index contributed by atoms with van der Waals surface area (Å²) >= 11 is 0. The lowest BCUT2D eigenvalue weighted by atomic mass is 10.0. The molecule has 0 radical (unpaired) electrons. The van der Waals surface area contributed by atoms with Crippen LogP contribution in [0.1, 0.15) is 19.3 Å². The molecule has 0 aromatic rings. The van der Waals surface area contributed by atoms with Crippen LogP contribution in [0.3, 0.4) is 0 Å². The van der Waals surface area contributed by atoms with Crippen LogP contribution in [0.15, 0.2) is 0 Å². The second-order valence-corrected chi connectivity index (χ2v) is 3.86. The van der Waals surface area contributed by atoms with Gasteiger partial charge in [-0.2, -0.15) is 0 Å². The summed E-state index contributed by atoms with van der Waals surface area (Å²) in [4.78, 5) is 6.89. The summed E-state index contributed by atoms with van der Waals surface area (Å²) < 4.78 is 0. The third-order valence-electron chi connectivity index (χ3n) is 2.44. The molecule has 0 aliphatic heterocycles. The maximum absolute atomic E-state index is 5.05. The molecule has 1 fully saturated rings. The second-order valence-electron chi connectivity index (χ2n) is 3.86. The standard InChI is InChI=1S/C8H18N2O/c1-10(2)6-5-8(3-4-8)7-11-9/h3-7,9H2,1-2H3. The van der Waals surface area contributed by atoms with Crippen LogP contribution in [0, 0.1) is 5.41 Å². The van der Waals surface area contributed by atoms with Gasteiger partial charge >= 0.3 is 0 Å². The maximum Gasteiger partial charge on any atom is 0.0735 e. The molecule has 1 rings (SSSR count). The predicted molar refractivity (Wildman–Crippen MR) is 45.0 cm³/mol. The average Bonchev–Trinajstić information content (AvgIpc) is 2.67. The van der Waals surface area contributed by atoms with E-state index in [9.17, 15) is 0 Å². The molecule has 0 bridgehead atoms. The van der Waals surface area contributed by atoms with Crippen molar-refractivity contribution in [2.75, 3.05) is 27.2 Å². The normalized spacial score (nSPS) is 20.7. The molecule has 1 saturated carbocycles. The van der Waals surface area contributed by atoms with Crippen molar-refractivity contribution in [3.8, 4) is 0 Å². The maximum atomic E-state index is 5.05. The molecule has 3 nitrogen and oxygen atoms in total. The molecule has 1 aliphatic carbocycles. The summed E-state index contributed by atoms with van der Waals surface area (Å²) in [5, 5.41) is 0. The van der Waals surface area contributed by atoms with E-state index in [1.807, 2.05) is 0 Å². The van der Waals surface area contributed by atoms with Crippen LogP contribution in [0.4, 0.5) is 0 Å². The highest BCUT2D eigenvalue weighted by molar-refractivity contribution is 4.92. The monoisotopic (exact) mass is 158 g/mol. The summed E-state index contributed by atoms with van der Waals surface area (Å²) in [5.74, 6) is 5.05. The molecule has 0 aromatic heterocycles. The highest BCUT2D eigenvalue weighted by Gasteiger charge is 2.42. The number of nitrogens with zero attached hydrogens (tertiary/aromatic N) is 1. The highest BCUT2D eigenvalue weighted by atomic mass is 16.6. The molecule has 2 N–H and O–H groups in total. The Labute approximate surface area is 68.5 Å². The van der Waals surface area contributed by atoms with Crippen LogP contribution >= 0.6 is 0 Å². The van der Waals surface area contributed by atoms with Gasteiger partial charge in [0.05, 0.1) is 6.61 Å². The van der Waals surface area contributed by atoms with Crippen LogP contribution in [0.5, 0.6) is 0 Å². The smallest absolute Gasteiger partial charge is 0.0735 e. The zero-order valence-corrected chi connectivity index (χ0v) is 7.47. The van der Waals surface area contributed by atoms with Gasteiger partial charge in [-0.3, -0.25) is 0 Å². The third-order valence-corrected chi connectivity index (χ3v) is 2.44. The molecule has 0 unspecified atom stereocenters. The van der Waals surface area contributed by atoms with Gasteiger partial charge in [-0.1, -0.05) is 0 Å². The fourth-order valence-corrected chi connectivity index (χ4v) is 1.28. The Morgan fingerprint density at radius 2 is 2.09 bits per heavy atom. The largest absolute Gasteiger partial charge is 0.309 e. The lowest BCUT2D eigenvalue weighted by Gasteiger charge is -2.16. The molecular formula is C8H18N2O. The first-order valence-electron chi connectivity index (χ1n) is 4.15. The van der Waals surface area contributed by atoms with Gasteiger partial charge in [0.1, 0.15) is 0 Å². The van der Waals surface area contributed by atoms with Crippen LogP contribution in [-0.2, 0) is 4.84 Å². The molecule has 11 heavy (non-hydrogen) atoms. The van der Waals surface area contributed by atoms with Crippen molar-refractivity contribution in [2.45, 2.75) is 19.3 Å². The Hall–Kier alpha value is -0.120. The Balaban J connectivity index is 2.14. The number of rotatable bonds is 5. The zero-order valence-electron chi connectivity index (χ0n) is 7.47. The van der Waals surface area contributed by atoms with E-state index in [4.69, 9.17) is 5.90 Å². The van der Waals surface area contributed by atoms with Gasteiger partial charge in [-0.05, 0) is 45.3 Å². The van der Waals surface area contributed by atoms with E-state index in [-0.39, 0.29) is 0 Å². The van der Waals surface area contributed by atoms with Crippen molar-refractivity contribution >= 4 is 0 Å². The van der Waals surface area contributed by atoms with Crippen LogP contribution < -0.4 is 5.90 Å². The number of hydrogen-bond donors (Lipinski definition) is 1. The minimum atomic E-state index is 0.443. The molecule has 3 heteroatoms. The summed E-state index contributed by atoms with van der Waals surface area (Å²) in [7, 11) is 4.19. The van der Waals surface area contributed by atoms with Crippen molar-refractivity contribution in [1.29, 1.82) is 0 Å². The van der Waals surface area contributed by atoms with E-state index in [2.05, 4.69) is 23.8 Å². The highest BCUT2D eigenvalue weighted by Crippen LogP contribution is 2.48. The van der Waals surface area contributed by atoms with Gasteiger partial charge in [-0.15, -0.1) is 0 Å². The average molecular weight is 158 g/mol. The fraction of sp³-hybridized carbons (Fsp3) is 1.00. The minimum Gasteiger partial charge on any atom is -0.309 e. The first-order valence-corrected chi connectivity index (χ1v) is 4.15. The van der Waals surface area contributed by atoms with Gasteiger partial charge in [0, 0.05) is 0 Å². The summed E-state index contributed by atoms with van der Waals surface area (Å²) in [6, 6.07) is 0. The van der Waals surface area contributed by atoms with E-state index in [0.717, 1.165) is 13.2 Å². The minimum absolute atomic E-state index is 0.443. The Morgan fingerprint density at radius 3 is 2.45 bits per heavy atom. The molecule has 0 spiro atoms. The van der Waals surface area contributed by atoms with Gasteiger partial charge in [0.15, 0.2) is 0 Å². The number of nitrogens with two attached hydrogens (primary N) is 1. The Morgan fingerprint density at radius 1 is 1.45 bits per heavy atom. The van der Waals surface area contributed by atoms with Gasteiger partial charge < -0.3 is 9.74 Å². The molecule has 66 valence electrons. The van der Waals surface area contributed by atoms with Crippen LogP contribution in [0.25, 0.3) is 0 Å². The molecule has 0 aromatic carbocycles. The number of hydrogen-bond acceptors (Lipinski definition) is 3. The molecule has 0 saturated heterocycles. The quantitative estimate of drug-likeness (QED) is 0.596. The second kappa shape index (κ2) is 3.52. The van der Waals surface area contributed by atoms with Crippen molar-refractivity contribution in [2.24, 2.45) is 11.3 Å². The van der Waals surface area contributed by atoms with E-state index < -0.39 is 0 Å². The topological polar surface area (TPSA) is 38.5 Å². The van der Waals surface area contributed by atoms with E-state index in [1.54, 1.807) is 0 Å². The van der Waals surface area contributed by atoms with Crippen molar-refractivity contribution < 1.29 is 4.84 Å². The molecule has 0 amide bonds. The van der Waals surface area contributed by atoms with Gasteiger partial charge in [-0.25, -0.2) is 5.90 Å². The molecule has 0 atom stereocenters. The first-order chi connectivity index (χ1) is 5.18. The molecule has 0 heterocycles. The Bertz CT molecular complexity index is 121. The van der Waals surface area contributed by atoms with Gasteiger partial charge in [0.25, 0.3) is 0 Å². The summed E-state index contributed by atoms with van der Waals surface area (Å²) in [6.07, 6.45) is 3.80. The van der Waals surface area contributed by atoms with E-state index in [1.165, 1.54) is 19.3 Å². The van der Waals surface area contributed by atoms with E-state index >= 15 is 0 Å². The van der Waals surface area contributed by atoms with Crippen LogP contribution in [0.2, 0.25) is 0 Å². The lowest BCUT2D eigenvalue weighted by Crippen LogP contribution is -2.21. The SMILES string of the molecule is CN(C)CCC1(CON)CC1. The predicted octanol–water partition coefficient (Wildman–Crippen LogP) is 0.609. The van der Waals surface area contributed by atoms with Gasteiger partial charge in [0.2, 0.25) is 0 Å². The molecular weight excluding hydrogens is 140 g/mol. The Kier molecular flexibility index (Phi) is 2.87. The third kappa shape index (κ3) is 2.77. The van der Waals surface area contributed by atoms with Crippen molar-refractivity contribution in [3.63, 3.8) is 0 Å². The van der Waals surface area contributed by atoms with Crippen molar-refractivity contribution in [1.82, 2.24) is 4.90 Å². The molecule has 1 aliphatic rings.